The number of hydrogen-bond donors (Lipinski definition) is 0. The lowest BCUT2D eigenvalue weighted by molar-refractivity contribution is 0.104. The fraction of sp³-hybridized carbons (Fsp3) is 0.524. The third-order valence-electron chi connectivity index (χ3n) is 5.96. The van der Waals surface area contributed by atoms with Crippen LogP contribution in [-0.2, 0) is 21.2 Å². The van der Waals surface area contributed by atoms with E-state index in [1.807, 2.05) is 12.1 Å². The minimum absolute atomic E-state index is 0.334. The number of ether oxygens (including phenoxy) is 1. The molecule has 0 bridgehead atoms. The van der Waals surface area contributed by atoms with E-state index < -0.39 is 15.7 Å². The van der Waals surface area contributed by atoms with Crippen LogP contribution in [0.2, 0.25) is 0 Å². The highest BCUT2D eigenvalue weighted by Gasteiger charge is 2.43. The van der Waals surface area contributed by atoms with Crippen molar-refractivity contribution in [2.24, 2.45) is 17.8 Å². The lowest BCUT2D eigenvalue weighted by Crippen LogP contribution is -2.35. The van der Waals surface area contributed by atoms with Crippen LogP contribution in [0.25, 0.3) is 0 Å². The molecular formula is C21H26FN3O3S. The monoisotopic (exact) mass is 419 g/mol. The van der Waals surface area contributed by atoms with Gasteiger partial charge in [0, 0.05) is 19.3 Å². The number of anilines is 1. The number of hydrogen-bond acceptors (Lipinski definition) is 6. The number of halogens is 1. The van der Waals surface area contributed by atoms with Crippen molar-refractivity contribution in [3.05, 3.63) is 48.0 Å². The Morgan fingerprint density at radius 3 is 2.41 bits per heavy atom. The van der Waals surface area contributed by atoms with Crippen molar-refractivity contribution < 1.29 is 17.5 Å². The Labute approximate surface area is 171 Å². The summed E-state index contributed by atoms with van der Waals surface area (Å²) < 4.78 is 41.8. The Morgan fingerprint density at radius 1 is 1.14 bits per heavy atom. The predicted octanol–water partition coefficient (Wildman–Crippen LogP) is 3.09. The van der Waals surface area contributed by atoms with Gasteiger partial charge in [-0.25, -0.2) is 22.8 Å². The molecule has 0 N–H and O–H groups in total. The molecule has 1 saturated heterocycles. The molecule has 29 heavy (non-hydrogen) atoms. The zero-order valence-corrected chi connectivity index (χ0v) is 17.3. The van der Waals surface area contributed by atoms with Gasteiger partial charge < -0.3 is 9.64 Å². The maximum Gasteiger partial charge on any atom is 0.225 e. The zero-order chi connectivity index (χ0) is 20.4. The topological polar surface area (TPSA) is 72.4 Å². The quantitative estimate of drug-likeness (QED) is 0.687. The Morgan fingerprint density at radius 2 is 1.79 bits per heavy atom. The summed E-state index contributed by atoms with van der Waals surface area (Å²) >= 11 is 0. The molecule has 6 nitrogen and oxygen atoms in total. The molecule has 2 aromatic rings. The second-order valence-electron chi connectivity index (χ2n) is 8.12. The average molecular weight is 420 g/mol. The fourth-order valence-electron chi connectivity index (χ4n) is 4.20. The van der Waals surface area contributed by atoms with E-state index in [9.17, 15) is 12.8 Å². The summed E-state index contributed by atoms with van der Waals surface area (Å²) in [7, 11) is -3.16. The number of aromatic nitrogens is 2. The predicted molar refractivity (Wildman–Crippen MR) is 108 cm³/mol. The van der Waals surface area contributed by atoms with Gasteiger partial charge in [-0.2, -0.15) is 0 Å². The SMILES string of the molecule is CS(=O)(=O)c1ccc(COCC2CC2C2CCN(c3ncc(F)cn3)CC2)cc1. The molecule has 2 aliphatic rings. The van der Waals surface area contributed by atoms with E-state index in [-0.39, 0.29) is 0 Å². The van der Waals surface area contributed by atoms with Crippen molar-refractivity contribution >= 4 is 15.8 Å². The summed E-state index contributed by atoms with van der Waals surface area (Å²) in [6, 6.07) is 6.89. The van der Waals surface area contributed by atoms with Gasteiger partial charge in [0.05, 0.1) is 30.5 Å². The van der Waals surface area contributed by atoms with Crippen LogP contribution in [0.1, 0.15) is 24.8 Å². The third-order valence-corrected chi connectivity index (χ3v) is 7.09. The average Bonchev–Trinajstić information content (AvgIpc) is 3.48. The van der Waals surface area contributed by atoms with Gasteiger partial charge in [0.15, 0.2) is 15.7 Å². The lowest BCUT2D eigenvalue weighted by Gasteiger charge is -2.32. The first-order valence-electron chi connectivity index (χ1n) is 9.99. The van der Waals surface area contributed by atoms with Crippen LogP contribution in [0.15, 0.2) is 41.6 Å². The van der Waals surface area contributed by atoms with Crippen molar-refractivity contribution in [1.82, 2.24) is 9.97 Å². The van der Waals surface area contributed by atoms with Gasteiger partial charge in [-0.3, -0.25) is 0 Å². The van der Waals surface area contributed by atoms with E-state index in [1.165, 1.54) is 25.1 Å². The molecule has 4 rings (SSSR count). The molecule has 156 valence electrons. The standard InChI is InChI=1S/C21H26FN3O3S/c1-29(26,27)19-4-2-15(3-5-19)13-28-14-17-10-20(17)16-6-8-25(9-7-16)21-23-11-18(22)12-24-21/h2-5,11-12,16-17,20H,6-10,13-14H2,1H3. The van der Waals surface area contributed by atoms with Gasteiger partial charge in [0.2, 0.25) is 5.95 Å². The number of rotatable bonds is 7. The number of sulfone groups is 1. The van der Waals surface area contributed by atoms with Crippen LogP contribution in [0.4, 0.5) is 10.3 Å². The van der Waals surface area contributed by atoms with Crippen LogP contribution in [0.5, 0.6) is 0 Å². The molecular weight excluding hydrogens is 393 g/mol. The van der Waals surface area contributed by atoms with E-state index in [4.69, 9.17) is 4.74 Å². The molecule has 2 atom stereocenters. The van der Waals surface area contributed by atoms with Gasteiger partial charge in [-0.15, -0.1) is 0 Å². The van der Waals surface area contributed by atoms with Crippen molar-refractivity contribution in [1.29, 1.82) is 0 Å². The fourth-order valence-corrected chi connectivity index (χ4v) is 4.83. The van der Waals surface area contributed by atoms with Crippen LogP contribution < -0.4 is 4.90 Å². The van der Waals surface area contributed by atoms with Gasteiger partial charge in [-0.05, 0) is 54.7 Å². The highest BCUT2D eigenvalue weighted by atomic mass is 32.2. The number of benzene rings is 1. The Balaban J connectivity index is 1.18. The first-order valence-corrected chi connectivity index (χ1v) is 11.9. The number of piperidine rings is 1. The second-order valence-corrected chi connectivity index (χ2v) is 10.1. The third kappa shape index (κ3) is 5.11. The summed E-state index contributed by atoms with van der Waals surface area (Å²) in [6.07, 6.45) is 7.08. The normalized spacial score (nSPS) is 22.6. The van der Waals surface area contributed by atoms with Gasteiger partial charge in [-0.1, -0.05) is 12.1 Å². The van der Waals surface area contributed by atoms with E-state index in [1.54, 1.807) is 12.1 Å². The number of nitrogens with zero attached hydrogens (tertiary/aromatic N) is 3. The molecule has 0 radical (unpaired) electrons. The largest absolute Gasteiger partial charge is 0.376 e. The van der Waals surface area contributed by atoms with E-state index in [2.05, 4.69) is 14.9 Å². The summed E-state index contributed by atoms with van der Waals surface area (Å²) in [6.45, 7) is 3.08. The molecule has 2 fully saturated rings. The lowest BCUT2D eigenvalue weighted by atomic mass is 9.91. The molecule has 1 saturated carbocycles. The van der Waals surface area contributed by atoms with E-state index >= 15 is 0 Å². The maximum atomic E-state index is 13.0. The van der Waals surface area contributed by atoms with Gasteiger partial charge >= 0.3 is 0 Å². The molecule has 1 aliphatic heterocycles. The summed E-state index contributed by atoms with van der Waals surface area (Å²) in [5.41, 5.74) is 0.988. The van der Waals surface area contributed by atoms with Crippen LogP contribution in [0.3, 0.4) is 0 Å². The highest BCUT2D eigenvalue weighted by Crippen LogP contribution is 2.48. The first kappa shape index (κ1) is 20.2. The van der Waals surface area contributed by atoms with Crippen molar-refractivity contribution in [2.75, 3.05) is 30.9 Å². The molecule has 2 heterocycles. The molecule has 2 unspecified atom stereocenters. The summed E-state index contributed by atoms with van der Waals surface area (Å²) in [5, 5.41) is 0. The van der Waals surface area contributed by atoms with Crippen molar-refractivity contribution in [3.63, 3.8) is 0 Å². The first-order chi connectivity index (χ1) is 13.9. The van der Waals surface area contributed by atoms with E-state index in [0.717, 1.165) is 44.0 Å². The van der Waals surface area contributed by atoms with Crippen LogP contribution in [-0.4, -0.2) is 44.3 Å². The maximum absolute atomic E-state index is 13.0. The molecule has 1 aliphatic carbocycles. The van der Waals surface area contributed by atoms with E-state index in [0.29, 0.717) is 29.3 Å². The summed E-state index contributed by atoms with van der Waals surface area (Å²) in [5.74, 6) is 2.25. The second kappa shape index (κ2) is 8.36. The highest BCUT2D eigenvalue weighted by molar-refractivity contribution is 7.90. The Kier molecular flexibility index (Phi) is 5.83. The molecule has 0 amide bonds. The Bertz CT molecular complexity index is 927. The molecule has 0 spiro atoms. The zero-order valence-electron chi connectivity index (χ0n) is 16.5. The van der Waals surface area contributed by atoms with Crippen molar-refractivity contribution in [2.45, 2.75) is 30.8 Å². The molecule has 8 heteroatoms. The van der Waals surface area contributed by atoms with Crippen molar-refractivity contribution in [3.8, 4) is 0 Å². The smallest absolute Gasteiger partial charge is 0.225 e. The van der Waals surface area contributed by atoms with Crippen LogP contribution >= 0.6 is 0 Å². The summed E-state index contributed by atoms with van der Waals surface area (Å²) in [4.78, 5) is 10.6. The molecule has 1 aromatic carbocycles. The Hall–Kier alpha value is -2.06. The minimum Gasteiger partial charge on any atom is -0.376 e. The van der Waals surface area contributed by atoms with Gasteiger partial charge in [0.1, 0.15) is 0 Å². The van der Waals surface area contributed by atoms with Gasteiger partial charge in [0.25, 0.3) is 0 Å². The van der Waals surface area contributed by atoms with Crippen LogP contribution in [0, 0.1) is 23.6 Å². The minimum atomic E-state index is -3.16. The molecule has 1 aromatic heterocycles.